The van der Waals surface area contributed by atoms with E-state index in [1.54, 1.807) is 0 Å². The molecule has 0 aliphatic carbocycles. The predicted octanol–water partition coefficient (Wildman–Crippen LogP) is 1.53. The van der Waals surface area contributed by atoms with Crippen molar-refractivity contribution in [1.82, 2.24) is 4.98 Å². The fraction of sp³-hybridized carbons (Fsp3) is 0.167. The van der Waals surface area contributed by atoms with Crippen LogP contribution in [0.4, 0.5) is 17.6 Å². The van der Waals surface area contributed by atoms with E-state index < -0.39 is 23.2 Å². The van der Waals surface area contributed by atoms with Crippen molar-refractivity contribution in [1.29, 1.82) is 0 Å². The van der Waals surface area contributed by atoms with Gasteiger partial charge in [-0.1, -0.05) is 0 Å². The highest BCUT2D eigenvalue weighted by molar-refractivity contribution is 5.14. The summed E-state index contributed by atoms with van der Waals surface area (Å²) < 4.78 is 47.8. The molecule has 0 amide bonds. The number of rotatable bonds is 0. The molecular formula is C6H3F4NO. The number of nitrogens with one attached hydrogen (secondary N) is 1. The number of aromatic amines is 1. The fourth-order valence-corrected chi connectivity index (χ4v) is 0.668. The molecule has 0 aromatic carbocycles. The molecule has 0 spiro atoms. The molecule has 0 radical (unpaired) electrons. The molecule has 0 saturated heterocycles. The lowest BCUT2D eigenvalue weighted by Crippen LogP contribution is -2.15. The lowest BCUT2D eigenvalue weighted by Gasteiger charge is -2.05. The maximum absolute atomic E-state index is 12.4. The number of hydrogen-bond donors (Lipinski definition) is 1. The molecule has 0 atom stereocenters. The molecule has 1 rings (SSSR count). The Morgan fingerprint density at radius 1 is 1.25 bits per heavy atom. The van der Waals surface area contributed by atoms with E-state index in [9.17, 15) is 22.4 Å². The summed E-state index contributed by atoms with van der Waals surface area (Å²) >= 11 is 0. The molecule has 6 heteroatoms. The van der Waals surface area contributed by atoms with Crippen molar-refractivity contribution in [2.24, 2.45) is 0 Å². The maximum atomic E-state index is 12.4. The Bertz CT molecular complexity index is 340. The Balaban J connectivity index is 3.28. The summed E-state index contributed by atoms with van der Waals surface area (Å²) in [6, 6.07) is 1.01. The number of hydrogen-bond acceptors (Lipinski definition) is 1. The molecule has 0 fully saturated rings. The third-order valence-electron chi connectivity index (χ3n) is 1.18. The molecule has 1 aromatic rings. The summed E-state index contributed by atoms with van der Waals surface area (Å²) in [6.07, 6.45) is -4.77. The van der Waals surface area contributed by atoms with E-state index in [0.29, 0.717) is 12.1 Å². The Kier molecular flexibility index (Phi) is 1.91. The molecular weight excluding hydrogens is 178 g/mol. The van der Waals surface area contributed by atoms with E-state index in [1.165, 1.54) is 4.98 Å². The fourth-order valence-electron chi connectivity index (χ4n) is 0.668. The van der Waals surface area contributed by atoms with Crippen LogP contribution in [-0.2, 0) is 6.18 Å². The smallest absolute Gasteiger partial charge is 0.298 e. The van der Waals surface area contributed by atoms with Crippen LogP contribution in [-0.4, -0.2) is 4.98 Å². The van der Waals surface area contributed by atoms with Gasteiger partial charge in [-0.3, -0.25) is 9.78 Å². The molecule has 2 nitrogen and oxygen atoms in total. The number of H-pyrrole nitrogens is 1. The van der Waals surface area contributed by atoms with E-state index >= 15 is 0 Å². The quantitative estimate of drug-likeness (QED) is 0.477. The normalized spacial score (nSPS) is 11.7. The van der Waals surface area contributed by atoms with Crippen molar-refractivity contribution in [3.05, 3.63) is 34.0 Å². The average Bonchev–Trinajstić information content (AvgIpc) is 1.83. The molecule has 1 N–H and O–H groups in total. The van der Waals surface area contributed by atoms with Crippen molar-refractivity contribution in [3.8, 4) is 0 Å². The number of aromatic nitrogens is 1. The minimum Gasteiger partial charge on any atom is -0.298 e. The molecule has 66 valence electrons. The van der Waals surface area contributed by atoms with E-state index in [4.69, 9.17) is 0 Å². The Morgan fingerprint density at radius 2 is 1.83 bits per heavy atom. The van der Waals surface area contributed by atoms with E-state index in [0.717, 1.165) is 0 Å². The second-order valence-electron chi connectivity index (χ2n) is 2.05. The first-order valence-corrected chi connectivity index (χ1v) is 2.87. The first kappa shape index (κ1) is 8.76. The Hall–Kier alpha value is -1.33. The zero-order valence-corrected chi connectivity index (χ0v) is 5.57. The largest absolute Gasteiger partial charge is 0.420 e. The van der Waals surface area contributed by atoms with Gasteiger partial charge in [-0.2, -0.15) is 17.6 Å². The van der Waals surface area contributed by atoms with Crippen LogP contribution in [0.1, 0.15) is 5.56 Å². The van der Waals surface area contributed by atoms with Gasteiger partial charge >= 0.3 is 6.18 Å². The molecule has 1 aromatic heterocycles. The van der Waals surface area contributed by atoms with Crippen LogP contribution in [0.5, 0.6) is 0 Å². The van der Waals surface area contributed by atoms with Gasteiger partial charge in [0.2, 0.25) is 11.5 Å². The van der Waals surface area contributed by atoms with Gasteiger partial charge in [0.1, 0.15) is 5.56 Å². The lowest BCUT2D eigenvalue weighted by atomic mass is 10.3. The Labute approximate surface area is 63.8 Å². The van der Waals surface area contributed by atoms with E-state index in [-0.39, 0.29) is 0 Å². The summed E-state index contributed by atoms with van der Waals surface area (Å²) in [7, 11) is 0. The highest BCUT2D eigenvalue weighted by Crippen LogP contribution is 2.29. The van der Waals surface area contributed by atoms with Crippen LogP contribution in [0.2, 0.25) is 0 Å². The van der Waals surface area contributed by atoms with Crippen molar-refractivity contribution in [2.45, 2.75) is 6.18 Å². The molecule has 0 bridgehead atoms. The predicted molar refractivity (Wildman–Crippen MR) is 32.0 cm³/mol. The van der Waals surface area contributed by atoms with Gasteiger partial charge < -0.3 is 0 Å². The van der Waals surface area contributed by atoms with Crippen molar-refractivity contribution < 1.29 is 17.6 Å². The third-order valence-corrected chi connectivity index (χ3v) is 1.18. The van der Waals surface area contributed by atoms with Gasteiger partial charge in [-0.25, -0.2) is 0 Å². The molecule has 12 heavy (non-hydrogen) atoms. The Morgan fingerprint density at radius 3 is 2.25 bits per heavy atom. The molecule has 1 heterocycles. The van der Waals surface area contributed by atoms with Gasteiger partial charge in [0.15, 0.2) is 0 Å². The van der Waals surface area contributed by atoms with E-state index in [2.05, 4.69) is 0 Å². The minimum atomic E-state index is -4.77. The van der Waals surface area contributed by atoms with Crippen LogP contribution >= 0.6 is 0 Å². The van der Waals surface area contributed by atoms with Gasteiger partial charge in [-0.05, 0) is 6.07 Å². The summed E-state index contributed by atoms with van der Waals surface area (Å²) in [5.74, 6) is -1.66. The monoisotopic (exact) mass is 181 g/mol. The summed E-state index contributed by atoms with van der Waals surface area (Å²) in [5, 5.41) is 0. The first-order chi connectivity index (χ1) is 5.41. The standard InChI is InChI=1S/C6H3F4NO/c7-5-3(6(8,9)10)1-2-4(12)11-5/h1-2H,(H,11,12). The highest BCUT2D eigenvalue weighted by atomic mass is 19.4. The first-order valence-electron chi connectivity index (χ1n) is 2.87. The second kappa shape index (κ2) is 2.62. The third kappa shape index (κ3) is 1.63. The lowest BCUT2D eigenvalue weighted by molar-refractivity contribution is -0.140. The second-order valence-corrected chi connectivity index (χ2v) is 2.05. The topological polar surface area (TPSA) is 32.9 Å². The summed E-state index contributed by atoms with van der Waals surface area (Å²) in [5.41, 5.74) is -2.37. The SMILES string of the molecule is O=c1ccc(C(F)(F)F)c(F)[nH]1. The minimum absolute atomic E-state index is 0.397. The van der Waals surface area contributed by atoms with Crippen LogP contribution < -0.4 is 5.56 Å². The molecule has 0 aliphatic heterocycles. The number of alkyl halides is 3. The number of pyridine rings is 1. The van der Waals surface area contributed by atoms with Gasteiger partial charge in [0.05, 0.1) is 0 Å². The van der Waals surface area contributed by atoms with E-state index in [1.807, 2.05) is 0 Å². The van der Waals surface area contributed by atoms with Gasteiger partial charge in [0.25, 0.3) is 0 Å². The zero-order chi connectivity index (χ0) is 9.35. The van der Waals surface area contributed by atoms with Crippen molar-refractivity contribution >= 4 is 0 Å². The van der Waals surface area contributed by atoms with Crippen molar-refractivity contribution in [2.75, 3.05) is 0 Å². The molecule has 0 saturated carbocycles. The highest BCUT2D eigenvalue weighted by Gasteiger charge is 2.34. The summed E-state index contributed by atoms with van der Waals surface area (Å²) in [6.45, 7) is 0. The average molecular weight is 181 g/mol. The van der Waals surface area contributed by atoms with Crippen LogP contribution in [0.25, 0.3) is 0 Å². The van der Waals surface area contributed by atoms with Crippen LogP contribution in [0, 0.1) is 5.95 Å². The maximum Gasteiger partial charge on any atom is 0.420 e. The zero-order valence-electron chi connectivity index (χ0n) is 5.57. The van der Waals surface area contributed by atoms with Crippen molar-refractivity contribution in [3.63, 3.8) is 0 Å². The van der Waals surface area contributed by atoms with Gasteiger partial charge in [0, 0.05) is 6.07 Å². The number of halogens is 4. The molecule has 0 aliphatic rings. The molecule has 0 unspecified atom stereocenters. The van der Waals surface area contributed by atoms with Crippen LogP contribution in [0.3, 0.4) is 0 Å². The van der Waals surface area contributed by atoms with Gasteiger partial charge in [-0.15, -0.1) is 0 Å². The van der Waals surface area contributed by atoms with Crippen LogP contribution in [0.15, 0.2) is 16.9 Å². The summed E-state index contributed by atoms with van der Waals surface area (Å²) in [4.78, 5) is 11.7.